The number of anilines is 2. The molecule has 1 amide bonds. The lowest BCUT2D eigenvalue weighted by atomic mass is 10.0. The van der Waals surface area contributed by atoms with E-state index < -0.39 is 0 Å². The van der Waals surface area contributed by atoms with Crippen LogP contribution in [-0.2, 0) is 4.79 Å². The summed E-state index contributed by atoms with van der Waals surface area (Å²) in [5, 5.41) is 6.39. The van der Waals surface area contributed by atoms with Crippen molar-refractivity contribution < 1.29 is 9.59 Å². The number of carbonyl (C=O) groups excluding carboxylic acids is 2. The van der Waals surface area contributed by atoms with E-state index >= 15 is 0 Å². The number of hydrogen-bond donors (Lipinski definition) is 2. The summed E-state index contributed by atoms with van der Waals surface area (Å²) < 4.78 is 0.768. The SMILES string of the molecule is O=C(CNc1ccc(Br)cc1C(=O)c1ccccc1)Nc1c(Cl)cccc1Cl. The van der Waals surface area contributed by atoms with E-state index in [-0.39, 0.29) is 18.2 Å². The van der Waals surface area contributed by atoms with Crippen LogP contribution in [-0.4, -0.2) is 18.2 Å². The Bertz CT molecular complexity index is 1010. The molecule has 0 aliphatic carbocycles. The number of nitrogens with one attached hydrogen (secondary N) is 2. The average Bonchev–Trinajstić information content (AvgIpc) is 2.70. The van der Waals surface area contributed by atoms with Crippen molar-refractivity contribution in [3.05, 3.63) is 92.4 Å². The molecule has 7 heteroatoms. The Morgan fingerprint density at radius 1 is 0.893 bits per heavy atom. The lowest BCUT2D eigenvalue weighted by Gasteiger charge is -2.13. The molecule has 3 rings (SSSR count). The fourth-order valence-electron chi connectivity index (χ4n) is 2.58. The van der Waals surface area contributed by atoms with Gasteiger partial charge in [0.1, 0.15) is 0 Å². The van der Waals surface area contributed by atoms with Gasteiger partial charge in [-0.2, -0.15) is 0 Å². The van der Waals surface area contributed by atoms with Crippen LogP contribution in [0.3, 0.4) is 0 Å². The molecule has 0 saturated heterocycles. The zero-order valence-corrected chi connectivity index (χ0v) is 17.6. The lowest BCUT2D eigenvalue weighted by Crippen LogP contribution is -2.23. The first-order valence-electron chi connectivity index (χ1n) is 8.33. The lowest BCUT2D eigenvalue weighted by molar-refractivity contribution is -0.114. The molecule has 142 valence electrons. The first-order chi connectivity index (χ1) is 13.5. The number of ketones is 1. The summed E-state index contributed by atoms with van der Waals surface area (Å²) in [6.45, 7) is -0.0573. The van der Waals surface area contributed by atoms with Crippen molar-refractivity contribution in [3.8, 4) is 0 Å². The number of hydrogen-bond acceptors (Lipinski definition) is 3. The zero-order chi connectivity index (χ0) is 20.1. The predicted octanol–water partition coefficient (Wildman–Crippen LogP) is 6.04. The predicted molar refractivity (Wildman–Crippen MR) is 118 cm³/mol. The largest absolute Gasteiger partial charge is 0.376 e. The third kappa shape index (κ3) is 4.93. The molecule has 0 saturated carbocycles. The zero-order valence-electron chi connectivity index (χ0n) is 14.5. The minimum Gasteiger partial charge on any atom is -0.376 e. The quantitative estimate of drug-likeness (QED) is 0.425. The van der Waals surface area contributed by atoms with Crippen LogP contribution in [0.2, 0.25) is 10.0 Å². The Balaban J connectivity index is 1.76. The third-order valence-corrected chi connectivity index (χ3v) is 5.05. The fourth-order valence-corrected chi connectivity index (χ4v) is 3.43. The second-order valence-corrected chi connectivity index (χ2v) is 7.61. The first kappa shape index (κ1) is 20.4. The highest BCUT2D eigenvalue weighted by Gasteiger charge is 2.15. The van der Waals surface area contributed by atoms with Gasteiger partial charge in [0.05, 0.1) is 22.3 Å². The summed E-state index contributed by atoms with van der Waals surface area (Å²) in [5.41, 5.74) is 1.94. The molecular formula is C21H15BrCl2N2O2. The van der Waals surface area contributed by atoms with Crippen LogP contribution in [0.1, 0.15) is 15.9 Å². The van der Waals surface area contributed by atoms with Gasteiger partial charge in [0.25, 0.3) is 0 Å². The van der Waals surface area contributed by atoms with Crippen LogP contribution in [0.25, 0.3) is 0 Å². The van der Waals surface area contributed by atoms with Crippen molar-refractivity contribution in [2.24, 2.45) is 0 Å². The molecule has 0 aromatic heterocycles. The molecule has 3 aromatic carbocycles. The summed E-state index contributed by atoms with van der Waals surface area (Å²) in [7, 11) is 0. The maximum absolute atomic E-state index is 12.8. The molecule has 0 aliphatic rings. The molecule has 4 nitrogen and oxygen atoms in total. The van der Waals surface area contributed by atoms with E-state index in [0.29, 0.717) is 32.5 Å². The minimum absolute atomic E-state index is 0.0573. The van der Waals surface area contributed by atoms with E-state index in [4.69, 9.17) is 23.2 Å². The van der Waals surface area contributed by atoms with Gasteiger partial charge < -0.3 is 10.6 Å². The van der Waals surface area contributed by atoms with Gasteiger partial charge in [-0.15, -0.1) is 0 Å². The first-order valence-corrected chi connectivity index (χ1v) is 9.87. The maximum atomic E-state index is 12.8. The van der Waals surface area contributed by atoms with Crippen molar-refractivity contribution in [1.29, 1.82) is 0 Å². The van der Waals surface area contributed by atoms with Gasteiger partial charge in [0.15, 0.2) is 5.78 Å². The minimum atomic E-state index is -0.337. The number of halogens is 3. The Morgan fingerprint density at radius 3 is 2.25 bits per heavy atom. The fraction of sp³-hybridized carbons (Fsp3) is 0.0476. The van der Waals surface area contributed by atoms with E-state index in [2.05, 4.69) is 26.6 Å². The Labute approximate surface area is 181 Å². The number of benzene rings is 3. The third-order valence-electron chi connectivity index (χ3n) is 3.93. The van der Waals surface area contributed by atoms with Crippen LogP contribution in [0.15, 0.2) is 71.2 Å². The molecule has 0 aliphatic heterocycles. The second-order valence-electron chi connectivity index (χ2n) is 5.88. The van der Waals surface area contributed by atoms with E-state index in [9.17, 15) is 9.59 Å². The highest BCUT2D eigenvalue weighted by atomic mass is 79.9. The molecule has 28 heavy (non-hydrogen) atoms. The van der Waals surface area contributed by atoms with Crippen molar-refractivity contribution in [3.63, 3.8) is 0 Å². The molecule has 0 radical (unpaired) electrons. The van der Waals surface area contributed by atoms with Gasteiger partial charge in [-0.3, -0.25) is 9.59 Å². The number of rotatable bonds is 6. The Kier molecular flexibility index (Phi) is 6.73. The molecule has 3 aromatic rings. The molecule has 0 bridgehead atoms. The van der Waals surface area contributed by atoms with Crippen molar-refractivity contribution in [1.82, 2.24) is 0 Å². The molecular weight excluding hydrogens is 463 g/mol. The molecule has 0 fully saturated rings. The molecule has 0 unspecified atom stereocenters. The summed E-state index contributed by atoms with van der Waals surface area (Å²) in [6.07, 6.45) is 0. The van der Waals surface area contributed by atoms with Gasteiger partial charge >= 0.3 is 0 Å². The summed E-state index contributed by atoms with van der Waals surface area (Å²) >= 11 is 15.5. The Morgan fingerprint density at radius 2 is 1.57 bits per heavy atom. The maximum Gasteiger partial charge on any atom is 0.243 e. The summed E-state index contributed by atoms with van der Waals surface area (Å²) in [5.74, 6) is -0.477. The molecule has 0 spiro atoms. The van der Waals surface area contributed by atoms with E-state index in [1.165, 1.54) is 0 Å². The van der Waals surface area contributed by atoms with Crippen LogP contribution in [0.4, 0.5) is 11.4 Å². The van der Waals surface area contributed by atoms with E-state index in [1.54, 1.807) is 60.7 Å². The highest BCUT2D eigenvalue weighted by molar-refractivity contribution is 9.10. The topological polar surface area (TPSA) is 58.2 Å². The summed E-state index contributed by atoms with van der Waals surface area (Å²) in [6, 6.07) is 19.2. The van der Waals surface area contributed by atoms with Crippen molar-refractivity contribution in [2.45, 2.75) is 0 Å². The normalized spacial score (nSPS) is 10.4. The van der Waals surface area contributed by atoms with Crippen LogP contribution in [0, 0.1) is 0 Å². The number of amides is 1. The second kappa shape index (κ2) is 9.24. The smallest absolute Gasteiger partial charge is 0.243 e. The van der Waals surface area contributed by atoms with Gasteiger partial charge in [-0.05, 0) is 30.3 Å². The summed E-state index contributed by atoms with van der Waals surface area (Å²) in [4.78, 5) is 25.2. The molecule has 2 N–H and O–H groups in total. The van der Waals surface area contributed by atoms with Crippen LogP contribution in [0.5, 0.6) is 0 Å². The monoisotopic (exact) mass is 476 g/mol. The van der Waals surface area contributed by atoms with E-state index in [1.807, 2.05) is 6.07 Å². The number of para-hydroxylation sites is 1. The Hall–Kier alpha value is -2.34. The van der Waals surface area contributed by atoms with Gasteiger partial charge in [0, 0.05) is 21.3 Å². The van der Waals surface area contributed by atoms with Gasteiger partial charge in [0.2, 0.25) is 5.91 Å². The van der Waals surface area contributed by atoms with E-state index in [0.717, 1.165) is 4.47 Å². The molecule has 0 atom stereocenters. The average molecular weight is 478 g/mol. The highest BCUT2D eigenvalue weighted by Crippen LogP contribution is 2.30. The number of carbonyl (C=O) groups is 2. The van der Waals surface area contributed by atoms with Crippen LogP contribution < -0.4 is 10.6 Å². The van der Waals surface area contributed by atoms with Crippen molar-refractivity contribution in [2.75, 3.05) is 17.2 Å². The molecule has 0 heterocycles. The van der Waals surface area contributed by atoms with Crippen molar-refractivity contribution >= 4 is 62.2 Å². The van der Waals surface area contributed by atoms with Gasteiger partial charge in [-0.25, -0.2) is 0 Å². The standard InChI is InChI=1S/C21H15BrCl2N2O2/c22-14-9-10-18(15(11-14)21(28)13-5-2-1-3-6-13)25-12-19(27)26-20-16(23)7-4-8-17(20)24/h1-11,25H,12H2,(H,26,27). The van der Waals surface area contributed by atoms with Gasteiger partial charge in [-0.1, -0.05) is 75.5 Å². The van der Waals surface area contributed by atoms with Crippen LogP contribution >= 0.6 is 39.1 Å².